The van der Waals surface area contributed by atoms with E-state index in [9.17, 15) is 0 Å². The van der Waals surface area contributed by atoms with E-state index in [2.05, 4.69) is 31.2 Å². The zero-order valence-electron chi connectivity index (χ0n) is 10.4. The van der Waals surface area contributed by atoms with Crippen molar-refractivity contribution in [2.75, 3.05) is 13.7 Å². The Kier molecular flexibility index (Phi) is 5.50. The van der Waals surface area contributed by atoms with Crippen LogP contribution < -0.4 is 5.73 Å². The first-order valence-electron chi connectivity index (χ1n) is 6.02. The Balaban J connectivity index is 2.34. The summed E-state index contributed by atoms with van der Waals surface area (Å²) in [7, 11) is 1.72. The largest absolute Gasteiger partial charge is 0.383 e. The molecule has 0 saturated carbocycles. The van der Waals surface area contributed by atoms with Crippen LogP contribution in [-0.4, -0.2) is 19.3 Å². The molecule has 2 N–H and O–H groups in total. The first-order valence-corrected chi connectivity index (χ1v) is 6.02. The Morgan fingerprint density at radius 1 is 1.25 bits per heavy atom. The maximum absolute atomic E-state index is 6.25. The van der Waals surface area contributed by atoms with Crippen LogP contribution in [0.15, 0.2) is 30.3 Å². The van der Waals surface area contributed by atoms with Crippen molar-refractivity contribution in [3.05, 3.63) is 35.9 Å². The second kappa shape index (κ2) is 6.66. The summed E-state index contributed by atoms with van der Waals surface area (Å²) < 4.78 is 5.18. The minimum Gasteiger partial charge on any atom is -0.383 e. The van der Waals surface area contributed by atoms with Crippen LogP contribution in [0.25, 0.3) is 0 Å². The predicted octanol–water partition coefficient (Wildman–Crippen LogP) is 2.76. The van der Waals surface area contributed by atoms with Gasteiger partial charge in [-0.3, -0.25) is 0 Å². The Hall–Kier alpha value is -0.860. The summed E-state index contributed by atoms with van der Waals surface area (Å²) in [4.78, 5) is 0. The number of nitrogens with two attached hydrogens (primary N) is 1. The predicted molar refractivity (Wildman–Crippen MR) is 68.5 cm³/mol. The van der Waals surface area contributed by atoms with Crippen LogP contribution in [0.5, 0.6) is 0 Å². The van der Waals surface area contributed by atoms with E-state index < -0.39 is 0 Å². The molecule has 1 aromatic rings. The number of hydrogen-bond acceptors (Lipinski definition) is 2. The average molecular weight is 221 g/mol. The fourth-order valence-corrected chi connectivity index (χ4v) is 1.93. The second-order valence-electron chi connectivity index (χ2n) is 4.49. The summed E-state index contributed by atoms with van der Waals surface area (Å²) in [5.74, 6) is 0. The Morgan fingerprint density at radius 2 is 1.94 bits per heavy atom. The van der Waals surface area contributed by atoms with E-state index in [-0.39, 0.29) is 5.54 Å². The van der Waals surface area contributed by atoms with Gasteiger partial charge in [0, 0.05) is 12.6 Å². The van der Waals surface area contributed by atoms with E-state index in [1.165, 1.54) is 5.56 Å². The summed E-state index contributed by atoms with van der Waals surface area (Å²) in [6.07, 6.45) is 4.21. The fraction of sp³-hybridized carbons (Fsp3) is 0.571. The lowest BCUT2D eigenvalue weighted by Gasteiger charge is -2.27. The van der Waals surface area contributed by atoms with Gasteiger partial charge < -0.3 is 10.5 Å². The van der Waals surface area contributed by atoms with Crippen LogP contribution in [0.2, 0.25) is 0 Å². The van der Waals surface area contributed by atoms with Gasteiger partial charge in [0.05, 0.1) is 6.61 Å². The van der Waals surface area contributed by atoms with Crippen molar-refractivity contribution in [3.63, 3.8) is 0 Å². The van der Waals surface area contributed by atoms with Crippen molar-refractivity contribution in [2.45, 2.75) is 38.1 Å². The molecule has 0 aromatic heterocycles. The van der Waals surface area contributed by atoms with Gasteiger partial charge in [0.25, 0.3) is 0 Å². The van der Waals surface area contributed by atoms with Crippen molar-refractivity contribution in [1.29, 1.82) is 0 Å². The highest BCUT2D eigenvalue weighted by molar-refractivity contribution is 5.14. The molecule has 16 heavy (non-hydrogen) atoms. The third kappa shape index (κ3) is 4.33. The highest BCUT2D eigenvalue weighted by atomic mass is 16.5. The quantitative estimate of drug-likeness (QED) is 0.768. The Morgan fingerprint density at radius 3 is 2.50 bits per heavy atom. The molecule has 0 aliphatic rings. The molecule has 90 valence electrons. The van der Waals surface area contributed by atoms with Gasteiger partial charge in [0.1, 0.15) is 0 Å². The third-order valence-corrected chi connectivity index (χ3v) is 3.12. The first kappa shape index (κ1) is 13.2. The van der Waals surface area contributed by atoms with Gasteiger partial charge in [-0.25, -0.2) is 0 Å². The molecule has 0 heterocycles. The van der Waals surface area contributed by atoms with Crippen molar-refractivity contribution in [2.24, 2.45) is 5.73 Å². The molecule has 0 bridgehead atoms. The summed E-state index contributed by atoms with van der Waals surface area (Å²) in [6.45, 7) is 2.78. The molecule has 0 fully saturated rings. The van der Waals surface area contributed by atoms with Crippen LogP contribution in [0.4, 0.5) is 0 Å². The van der Waals surface area contributed by atoms with Crippen molar-refractivity contribution in [3.8, 4) is 0 Å². The number of rotatable bonds is 7. The third-order valence-electron chi connectivity index (χ3n) is 3.12. The van der Waals surface area contributed by atoms with E-state index >= 15 is 0 Å². The highest BCUT2D eigenvalue weighted by Gasteiger charge is 2.21. The zero-order chi connectivity index (χ0) is 11.9. The molecule has 0 saturated heterocycles. The fourth-order valence-electron chi connectivity index (χ4n) is 1.93. The minimum absolute atomic E-state index is 0.149. The van der Waals surface area contributed by atoms with Crippen molar-refractivity contribution in [1.82, 2.24) is 0 Å². The molecule has 1 atom stereocenters. The number of benzene rings is 1. The molecule has 1 aromatic carbocycles. The molecule has 1 unspecified atom stereocenters. The van der Waals surface area contributed by atoms with Gasteiger partial charge in [-0.05, 0) is 31.2 Å². The first-order chi connectivity index (χ1) is 7.70. The second-order valence-corrected chi connectivity index (χ2v) is 4.49. The van der Waals surface area contributed by atoms with E-state index in [0.717, 1.165) is 25.7 Å². The Labute approximate surface area is 98.8 Å². The number of aryl methyl sites for hydroxylation is 1. The van der Waals surface area contributed by atoms with Crippen molar-refractivity contribution >= 4 is 0 Å². The molecule has 0 aliphatic heterocycles. The van der Waals surface area contributed by atoms with Crippen LogP contribution in [0.3, 0.4) is 0 Å². The maximum atomic E-state index is 6.25. The van der Waals surface area contributed by atoms with Crippen LogP contribution >= 0.6 is 0 Å². The SMILES string of the molecule is CCC(N)(CCCc1ccccc1)COC. The highest BCUT2D eigenvalue weighted by Crippen LogP contribution is 2.16. The van der Waals surface area contributed by atoms with Gasteiger partial charge in [-0.1, -0.05) is 37.3 Å². The molecular formula is C14H23NO. The summed E-state index contributed by atoms with van der Waals surface area (Å²) in [5.41, 5.74) is 7.49. The van der Waals surface area contributed by atoms with Gasteiger partial charge in [0.2, 0.25) is 0 Å². The summed E-state index contributed by atoms with van der Waals surface area (Å²) in [6, 6.07) is 10.6. The van der Waals surface area contributed by atoms with E-state index in [4.69, 9.17) is 10.5 Å². The molecule has 0 spiro atoms. The lowest BCUT2D eigenvalue weighted by Crippen LogP contribution is -2.43. The van der Waals surface area contributed by atoms with Crippen LogP contribution in [-0.2, 0) is 11.2 Å². The van der Waals surface area contributed by atoms with E-state index in [1.807, 2.05) is 6.07 Å². The lowest BCUT2D eigenvalue weighted by atomic mass is 9.91. The van der Waals surface area contributed by atoms with Gasteiger partial charge in [-0.15, -0.1) is 0 Å². The molecular weight excluding hydrogens is 198 g/mol. The monoisotopic (exact) mass is 221 g/mol. The topological polar surface area (TPSA) is 35.2 Å². The van der Waals surface area contributed by atoms with E-state index in [0.29, 0.717) is 6.61 Å². The van der Waals surface area contributed by atoms with Gasteiger partial charge in [0.15, 0.2) is 0 Å². The normalized spacial score (nSPS) is 14.7. The standard InChI is InChI=1S/C14H23NO/c1-3-14(15,12-16-2)11-7-10-13-8-5-4-6-9-13/h4-6,8-9H,3,7,10-12,15H2,1-2H3. The zero-order valence-corrected chi connectivity index (χ0v) is 10.4. The van der Waals surface area contributed by atoms with E-state index in [1.54, 1.807) is 7.11 Å². The van der Waals surface area contributed by atoms with Crippen LogP contribution in [0, 0.1) is 0 Å². The number of hydrogen-bond donors (Lipinski definition) is 1. The lowest BCUT2D eigenvalue weighted by molar-refractivity contribution is 0.123. The summed E-state index contributed by atoms with van der Waals surface area (Å²) >= 11 is 0. The molecule has 0 radical (unpaired) electrons. The number of ether oxygens (including phenoxy) is 1. The molecule has 2 heteroatoms. The molecule has 2 nitrogen and oxygen atoms in total. The van der Waals surface area contributed by atoms with Crippen LogP contribution in [0.1, 0.15) is 31.7 Å². The minimum atomic E-state index is -0.149. The molecule has 0 aliphatic carbocycles. The average Bonchev–Trinajstić information content (AvgIpc) is 2.31. The van der Waals surface area contributed by atoms with Crippen molar-refractivity contribution < 1.29 is 4.74 Å². The smallest absolute Gasteiger partial charge is 0.0642 e. The number of methoxy groups -OCH3 is 1. The molecule has 1 rings (SSSR count). The van der Waals surface area contributed by atoms with Gasteiger partial charge >= 0.3 is 0 Å². The van der Waals surface area contributed by atoms with Gasteiger partial charge in [-0.2, -0.15) is 0 Å². The molecule has 0 amide bonds. The Bertz CT molecular complexity index is 286. The summed E-state index contributed by atoms with van der Waals surface area (Å²) in [5, 5.41) is 0. The maximum Gasteiger partial charge on any atom is 0.0642 e.